The molecule has 1 N–H and O–H groups in total. The summed E-state index contributed by atoms with van der Waals surface area (Å²) in [5.41, 5.74) is -0.728. The van der Waals surface area contributed by atoms with E-state index in [1.807, 2.05) is 0 Å². The zero-order chi connectivity index (χ0) is 22.8. The van der Waals surface area contributed by atoms with Gasteiger partial charge in [-0.2, -0.15) is 13.2 Å². The smallest absolute Gasteiger partial charge is 0.352 e. The molecule has 0 heterocycles. The van der Waals surface area contributed by atoms with Crippen molar-refractivity contribution in [2.75, 3.05) is 6.54 Å². The summed E-state index contributed by atoms with van der Waals surface area (Å²) in [5, 5.41) is 2.72. The van der Waals surface area contributed by atoms with E-state index in [0.717, 1.165) is 31.4 Å². The van der Waals surface area contributed by atoms with E-state index in [1.54, 1.807) is 0 Å². The number of nitrogens with one attached hydrogen (secondary N) is 1. The van der Waals surface area contributed by atoms with Crippen LogP contribution in [0.4, 0.5) is 13.2 Å². The lowest BCUT2D eigenvalue weighted by Crippen LogP contribution is -2.24. The molecule has 1 aromatic rings. The Labute approximate surface area is 187 Å². The number of benzene rings is 1. The Kier molecular flexibility index (Phi) is 15.2. The molecule has 0 unspecified atom stereocenters. The third-order valence-electron chi connectivity index (χ3n) is 5.77. The fraction of sp³-hybridized carbons (Fsp3) is 0.731. The van der Waals surface area contributed by atoms with Gasteiger partial charge in [0.1, 0.15) is 0 Å². The highest BCUT2D eigenvalue weighted by Crippen LogP contribution is 2.29. The fourth-order valence-electron chi connectivity index (χ4n) is 3.81. The van der Waals surface area contributed by atoms with E-state index < -0.39 is 17.6 Å². The Hall–Kier alpha value is -1.52. The van der Waals surface area contributed by atoms with Crippen LogP contribution in [0, 0.1) is 0 Å². The molecule has 1 rings (SSSR count). The maximum atomic E-state index is 12.7. The second-order valence-electron chi connectivity index (χ2n) is 8.64. The Morgan fingerprint density at radius 3 is 1.65 bits per heavy atom. The molecule has 0 atom stereocenters. The van der Waals surface area contributed by atoms with Crippen molar-refractivity contribution in [3.8, 4) is 0 Å². The molecule has 0 radical (unpaired) electrons. The van der Waals surface area contributed by atoms with Crippen LogP contribution in [0.2, 0.25) is 0 Å². The summed E-state index contributed by atoms with van der Waals surface area (Å²) in [6, 6.07) is 4.57. The van der Waals surface area contributed by atoms with Gasteiger partial charge in [0.2, 0.25) is 0 Å². The van der Waals surface area contributed by atoms with Crippen LogP contribution in [0.25, 0.3) is 0 Å². The van der Waals surface area contributed by atoms with E-state index in [1.165, 1.54) is 95.6 Å². The molecule has 0 spiro atoms. The van der Waals surface area contributed by atoms with Crippen LogP contribution in [0.1, 0.15) is 126 Å². The van der Waals surface area contributed by atoms with Crippen molar-refractivity contribution in [2.24, 2.45) is 0 Å². The van der Waals surface area contributed by atoms with Crippen LogP contribution < -0.4 is 5.32 Å². The summed E-state index contributed by atoms with van der Waals surface area (Å²) in [4.78, 5) is 12.0. The van der Waals surface area contributed by atoms with Crippen molar-refractivity contribution in [2.45, 2.75) is 116 Å². The zero-order valence-corrected chi connectivity index (χ0v) is 19.4. The van der Waals surface area contributed by atoms with Gasteiger partial charge in [0.25, 0.3) is 5.91 Å². The predicted molar refractivity (Wildman–Crippen MR) is 123 cm³/mol. The third-order valence-corrected chi connectivity index (χ3v) is 5.77. The lowest BCUT2D eigenvalue weighted by atomic mass is 10.0. The SMILES string of the molecule is CCCCCCCCCCCCCCCCCCNC(=O)c1cccc(C(F)(F)F)c1. The van der Waals surface area contributed by atoms with Crippen molar-refractivity contribution in [3.63, 3.8) is 0 Å². The van der Waals surface area contributed by atoms with Gasteiger partial charge in [-0.1, -0.05) is 109 Å². The highest BCUT2D eigenvalue weighted by molar-refractivity contribution is 5.94. The van der Waals surface area contributed by atoms with Crippen LogP contribution in [-0.2, 0) is 6.18 Å². The molecule has 0 aliphatic rings. The molecule has 0 fully saturated rings. The minimum Gasteiger partial charge on any atom is -0.352 e. The van der Waals surface area contributed by atoms with E-state index in [0.29, 0.717) is 6.54 Å². The topological polar surface area (TPSA) is 29.1 Å². The van der Waals surface area contributed by atoms with Gasteiger partial charge < -0.3 is 5.32 Å². The van der Waals surface area contributed by atoms with E-state index >= 15 is 0 Å². The monoisotopic (exact) mass is 441 g/mol. The Bertz CT molecular complexity index is 586. The molecule has 31 heavy (non-hydrogen) atoms. The number of rotatable bonds is 18. The standard InChI is InChI=1S/C26H42F3NO/c1-2-3-4-5-6-7-8-9-10-11-12-13-14-15-16-17-21-30-25(31)23-19-18-20-24(22-23)26(27,28)29/h18-20,22H,2-17,21H2,1H3,(H,30,31). The normalized spacial score (nSPS) is 11.6. The highest BCUT2D eigenvalue weighted by Gasteiger charge is 2.30. The summed E-state index contributed by atoms with van der Waals surface area (Å²) in [6.45, 7) is 2.76. The molecule has 0 aliphatic heterocycles. The third kappa shape index (κ3) is 14.2. The minimum atomic E-state index is -4.43. The number of hydrogen-bond donors (Lipinski definition) is 1. The number of hydrogen-bond acceptors (Lipinski definition) is 1. The molecule has 0 aromatic heterocycles. The average molecular weight is 442 g/mol. The molecule has 1 amide bonds. The van der Waals surface area contributed by atoms with Gasteiger partial charge in [-0.25, -0.2) is 0 Å². The largest absolute Gasteiger partial charge is 0.416 e. The summed E-state index contributed by atoms with van der Waals surface area (Å²) in [5.74, 6) is -0.438. The molecule has 1 aromatic carbocycles. The Morgan fingerprint density at radius 2 is 1.19 bits per heavy atom. The second kappa shape index (κ2) is 17.1. The van der Waals surface area contributed by atoms with Gasteiger partial charge in [0.15, 0.2) is 0 Å². The average Bonchev–Trinajstić information content (AvgIpc) is 2.75. The van der Waals surface area contributed by atoms with Crippen LogP contribution in [0.3, 0.4) is 0 Å². The van der Waals surface area contributed by atoms with Crippen molar-refractivity contribution < 1.29 is 18.0 Å². The maximum absolute atomic E-state index is 12.7. The number of alkyl halides is 3. The molecule has 0 saturated heterocycles. The molecule has 0 saturated carbocycles. The first kappa shape index (κ1) is 27.5. The van der Waals surface area contributed by atoms with Gasteiger partial charge in [0.05, 0.1) is 5.56 Å². The first-order valence-electron chi connectivity index (χ1n) is 12.4. The van der Waals surface area contributed by atoms with E-state index in [2.05, 4.69) is 12.2 Å². The molecule has 2 nitrogen and oxygen atoms in total. The molecular weight excluding hydrogens is 399 g/mol. The van der Waals surface area contributed by atoms with Crippen LogP contribution >= 0.6 is 0 Å². The van der Waals surface area contributed by atoms with Crippen molar-refractivity contribution in [1.82, 2.24) is 5.32 Å². The van der Waals surface area contributed by atoms with Crippen molar-refractivity contribution in [3.05, 3.63) is 35.4 Å². The first-order valence-corrected chi connectivity index (χ1v) is 12.4. The van der Waals surface area contributed by atoms with Crippen LogP contribution in [-0.4, -0.2) is 12.5 Å². The van der Waals surface area contributed by atoms with Gasteiger partial charge in [0, 0.05) is 12.1 Å². The highest BCUT2D eigenvalue weighted by atomic mass is 19.4. The number of amides is 1. The van der Waals surface area contributed by atoms with Gasteiger partial charge >= 0.3 is 6.18 Å². The molecule has 0 aliphatic carbocycles. The first-order chi connectivity index (χ1) is 14.9. The second-order valence-corrected chi connectivity index (χ2v) is 8.64. The minimum absolute atomic E-state index is 0.0614. The molecule has 5 heteroatoms. The van der Waals surface area contributed by atoms with E-state index in [-0.39, 0.29) is 5.56 Å². The quantitative estimate of drug-likeness (QED) is 0.227. The van der Waals surface area contributed by atoms with Crippen molar-refractivity contribution >= 4 is 5.91 Å². The summed E-state index contributed by atoms with van der Waals surface area (Å²) < 4.78 is 38.2. The zero-order valence-electron chi connectivity index (χ0n) is 19.4. The number of carbonyl (C=O) groups is 1. The van der Waals surface area contributed by atoms with Crippen LogP contribution in [0.15, 0.2) is 24.3 Å². The molecular formula is C26H42F3NO. The molecule has 178 valence electrons. The fourth-order valence-corrected chi connectivity index (χ4v) is 3.81. The summed E-state index contributed by atoms with van der Waals surface area (Å²) >= 11 is 0. The van der Waals surface area contributed by atoms with Crippen LogP contribution in [0.5, 0.6) is 0 Å². The lowest BCUT2D eigenvalue weighted by molar-refractivity contribution is -0.137. The van der Waals surface area contributed by atoms with Gasteiger partial charge in [-0.05, 0) is 24.6 Å². The summed E-state index contributed by atoms with van der Waals surface area (Å²) in [6.07, 6.45) is 16.2. The van der Waals surface area contributed by atoms with Crippen molar-refractivity contribution in [1.29, 1.82) is 0 Å². The Balaban J connectivity index is 1.91. The van der Waals surface area contributed by atoms with Gasteiger partial charge in [-0.15, -0.1) is 0 Å². The predicted octanol–water partition coefficient (Wildman–Crippen LogP) is 8.70. The lowest BCUT2D eigenvalue weighted by Gasteiger charge is -2.09. The number of carbonyl (C=O) groups excluding carboxylic acids is 1. The maximum Gasteiger partial charge on any atom is 0.416 e. The number of unbranched alkanes of at least 4 members (excludes halogenated alkanes) is 15. The van der Waals surface area contributed by atoms with Gasteiger partial charge in [-0.3, -0.25) is 4.79 Å². The molecule has 0 bridgehead atoms. The Morgan fingerprint density at radius 1 is 0.742 bits per heavy atom. The summed E-state index contributed by atoms with van der Waals surface area (Å²) in [7, 11) is 0. The number of halogens is 3. The van der Waals surface area contributed by atoms with E-state index in [9.17, 15) is 18.0 Å². The van der Waals surface area contributed by atoms with E-state index in [4.69, 9.17) is 0 Å².